The highest BCUT2D eigenvalue weighted by Crippen LogP contribution is 2.16. The van der Waals surface area contributed by atoms with Crippen molar-refractivity contribution in [1.82, 2.24) is 9.62 Å². The first-order chi connectivity index (χ1) is 11.3. The molecule has 1 amide bonds. The number of hydrogen-bond acceptors (Lipinski definition) is 4. The SMILES string of the molecule is CCN(CC)S(=O)(=O)c1cccc(C(=O)NCCOCC(C)C)c1. The Labute approximate surface area is 145 Å². The molecule has 0 atom stereocenters. The van der Waals surface area contributed by atoms with Gasteiger partial charge in [-0.25, -0.2) is 8.42 Å². The smallest absolute Gasteiger partial charge is 0.251 e. The average Bonchev–Trinajstić information content (AvgIpc) is 2.55. The topological polar surface area (TPSA) is 75.7 Å². The summed E-state index contributed by atoms with van der Waals surface area (Å²) in [4.78, 5) is 12.3. The summed E-state index contributed by atoms with van der Waals surface area (Å²) in [6, 6.07) is 6.11. The van der Waals surface area contributed by atoms with E-state index in [2.05, 4.69) is 19.2 Å². The monoisotopic (exact) mass is 356 g/mol. The highest BCUT2D eigenvalue weighted by molar-refractivity contribution is 7.89. The molecule has 0 radical (unpaired) electrons. The van der Waals surface area contributed by atoms with Crippen molar-refractivity contribution < 1.29 is 17.9 Å². The zero-order valence-electron chi connectivity index (χ0n) is 14.9. The Balaban J connectivity index is 2.73. The third kappa shape index (κ3) is 5.89. The molecule has 6 nitrogen and oxygen atoms in total. The molecule has 0 bridgehead atoms. The first-order valence-corrected chi connectivity index (χ1v) is 9.73. The second-order valence-electron chi connectivity index (χ2n) is 5.84. The Hall–Kier alpha value is -1.44. The molecular weight excluding hydrogens is 328 g/mol. The van der Waals surface area contributed by atoms with E-state index in [1.165, 1.54) is 16.4 Å². The van der Waals surface area contributed by atoms with Gasteiger partial charge < -0.3 is 10.1 Å². The van der Waals surface area contributed by atoms with Gasteiger partial charge in [-0.1, -0.05) is 33.8 Å². The lowest BCUT2D eigenvalue weighted by Gasteiger charge is -2.18. The van der Waals surface area contributed by atoms with E-state index < -0.39 is 10.0 Å². The minimum atomic E-state index is -3.57. The molecule has 1 N–H and O–H groups in total. The van der Waals surface area contributed by atoms with Gasteiger partial charge in [0.05, 0.1) is 11.5 Å². The lowest BCUT2D eigenvalue weighted by molar-refractivity contribution is 0.0886. The molecule has 0 spiro atoms. The van der Waals surface area contributed by atoms with Gasteiger partial charge in [0, 0.05) is 31.8 Å². The van der Waals surface area contributed by atoms with Crippen LogP contribution in [0, 0.1) is 5.92 Å². The van der Waals surface area contributed by atoms with Crippen LogP contribution in [0.5, 0.6) is 0 Å². The number of benzene rings is 1. The number of hydrogen-bond donors (Lipinski definition) is 1. The van der Waals surface area contributed by atoms with E-state index in [9.17, 15) is 13.2 Å². The Morgan fingerprint density at radius 1 is 1.25 bits per heavy atom. The first kappa shape index (κ1) is 20.6. The number of carbonyl (C=O) groups excluding carboxylic acids is 1. The summed E-state index contributed by atoms with van der Waals surface area (Å²) >= 11 is 0. The van der Waals surface area contributed by atoms with Crippen molar-refractivity contribution in [3.8, 4) is 0 Å². The van der Waals surface area contributed by atoms with E-state index in [4.69, 9.17) is 4.74 Å². The molecular formula is C17H28N2O4S. The van der Waals surface area contributed by atoms with Crippen LogP contribution in [0.15, 0.2) is 29.2 Å². The minimum Gasteiger partial charge on any atom is -0.379 e. The molecule has 0 saturated heterocycles. The van der Waals surface area contributed by atoms with Crippen molar-refractivity contribution in [2.75, 3.05) is 32.8 Å². The summed E-state index contributed by atoms with van der Waals surface area (Å²) < 4.78 is 31.8. The fourth-order valence-corrected chi connectivity index (χ4v) is 3.67. The molecule has 0 heterocycles. The summed E-state index contributed by atoms with van der Waals surface area (Å²) in [5, 5.41) is 2.74. The fraction of sp³-hybridized carbons (Fsp3) is 0.588. The van der Waals surface area contributed by atoms with Crippen LogP contribution in [0.3, 0.4) is 0 Å². The van der Waals surface area contributed by atoms with Crippen LogP contribution < -0.4 is 5.32 Å². The van der Waals surface area contributed by atoms with E-state index in [1.807, 2.05) is 0 Å². The summed E-state index contributed by atoms with van der Waals surface area (Å²) in [5.41, 5.74) is 0.326. The van der Waals surface area contributed by atoms with Crippen LogP contribution in [0.4, 0.5) is 0 Å². The largest absolute Gasteiger partial charge is 0.379 e. The average molecular weight is 356 g/mol. The summed E-state index contributed by atoms with van der Waals surface area (Å²) in [6.45, 7) is 9.93. The van der Waals surface area contributed by atoms with Gasteiger partial charge in [0.1, 0.15) is 0 Å². The molecule has 24 heavy (non-hydrogen) atoms. The van der Waals surface area contributed by atoms with Crippen LogP contribution >= 0.6 is 0 Å². The Kier molecular flexibility index (Phi) is 8.38. The molecule has 0 aliphatic rings. The maximum Gasteiger partial charge on any atom is 0.251 e. The van der Waals surface area contributed by atoms with Crippen LogP contribution in [-0.4, -0.2) is 51.5 Å². The molecule has 1 rings (SSSR count). The van der Waals surface area contributed by atoms with Crippen molar-refractivity contribution in [2.45, 2.75) is 32.6 Å². The molecule has 1 aromatic carbocycles. The summed E-state index contributed by atoms with van der Waals surface area (Å²) in [7, 11) is -3.57. The molecule has 0 unspecified atom stereocenters. The normalized spacial score (nSPS) is 11.9. The quantitative estimate of drug-likeness (QED) is 0.652. The fourth-order valence-electron chi connectivity index (χ4n) is 2.17. The van der Waals surface area contributed by atoms with Gasteiger partial charge in [-0.05, 0) is 24.1 Å². The van der Waals surface area contributed by atoms with Crippen LogP contribution in [0.1, 0.15) is 38.1 Å². The zero-order chi connectivity index (χ0) is 18.2. The van der Waals surface area contributed by atoms with Crippen molar-refractivity contribution in [2.24, 2.45) is 5.92 Å². The Morgan fingerprint density at radius 2 is 1.92 bits per heavy atom. The highest BCUT2D eigenvalue weighted by atomic mass is 32.2. The molecule has 0 aromatic heterocycles. The molecule has 0 aliphatic carbocycles. The third-order valence-corrected chi connectivity index (χ3v) is 5.47. The number of carbonyl (C=O) groups is 1. The van der Waals surface area contributed by atoms with Crippen molar-refractivity contribution in [3.05, 3.63) is 29.8 Å². The lowest BCUT2D eigenvalue weighted by atomic mass is 10.2. The number of nitrogens with one attached hydrogen (secondary N) is 1. The number of ether oxygens (including phenoxy) is 1. The Morgan fingerprint density at radius 3 is 2.50 bits per heavy atom. The summed E-state index contributed by atoms with van der Waals surface area (Å²) in [5.74, 6) is 0.141. The van der Waals surface area contributed by atoms with Crippen LogP contribution in [0.25, 0.3) is 0 Å². The van der Waals surface area contributed by atoms with Crippen molar-refractivity contribution in [3.63, 3.8) is 0 Å². The minimum absolute atomic E-state index is 0.134. The van der Waals surface area contributed by atoms with Crippen molar-refractivity contribution in [1.29, 1.82) is 0 Å². The third-order valence-electron chi connectivity index (χ3n) is 3.42. The standard InChI is InChI=1S/C17H28N2O4S/c1-5-19(6-2)24(21,22)16-9-7-8-15(12-16)17(20)18-10-11-23-13-14(3)4/h7-9,12,14H,5-6,10-11,13H2,1-4H3,(H,18,20). The van der Waals surface area contributed by atoms with Crippen LogP contribution in [0.2, 0.25) is 0 Å². The van der Waals surface area contributed by atoms with Gasteiger partial charge in [-0.15, -0.1) is 0 Å². The van der Waals surface area contributed by atoms with E-state index in [-0.39, 0.29) is 10.8 Å². The Bertz CT molecular complexity index is 625. The number of amides is 1. The maximum absolute atomic E-state index is 12.5. The van der Waals surface area contributed by atoms with E-state index in [0.29, 0.717) is 44.3 Å². The predicted molar refractivity (Wildman–Crippen MR) is 94.5 cm³/mol. The molecule has 0 aliphatic heterocycles. The number of sulfonamides is 1. The van der Waals surface area contributed by atoms with E-state index >= 15 is 0 Å². The highest BCUT2D eigenvalue weighted by Gasteiger charge is 2.22. The van der Waals surface area contributed by atoms with Crippen LogP contribution in [-0.2, 0) is 14.8 Å². The van der Waals surface area contributed by atoms with Gasteiger partial charge in [-0.3, -0.25) is 4.79 Å². The predicted octanol–water partition coefficient (Wildman–Crippen LogP) is 2.12. The molecule has 136 valence electrons. The molecule has 0 fully saturated rings. The van der Waals surface area contributed by atoms with E-state index in [1.54, 1.807) is 26.0 Å². The first-order valence-electron chi connectivity index (χ1n) is 8.29. The lowest BCUT2D eigenvalue weighted by Crippen LogP contribution is -2.31. The second kappa shape index (κ2) is 9.76. The molecule has 7 heteroatoms. The summed E-state index contributed by atoms with van der Waals surface area (Å²) in [6.07, 6.45) is 0. The van der Waals surface area contributed by atoms with Gasteiger partial charge in [0.15, 0.2) is 0 Å². The van der Waals surface area contributed by atoms with E-state index in [0.717, 1.165) is 0 Å². The van der Waals surface area contributed by atoms with Gasteiger partial charge in [0.25, 0.3) is 5.91 Å². The number of nitrogens with zero attached hydrogens (tertiary/aromatic N) is 1. The van der Waals surface area contributed by atoms with Gasteiger partial charge in [0.2, 0.25) is 10.0 Å². The second-order valence-corrected chi connectivity index (χ2v) is 7.78. The molecule has 1 aromatic rings. The van der Waals surface area contributed by atoms with Gasteiger partial charge in [-0.2, -0.15) is 4.31 Å². The zero-order valence-corrected chi connectivity index (χ0v) is 15.7. The molecule has 0 saturated carbocycles. The number of rotatable bonds is 10. The maximum atomic E-state index is 12.5. The van der Waals surface area contributed by atoms with Crippen molar-refractivity contribution >= 4 is 15.9 Å². The van der Waals surface area contributed by atoms with Gasteiger partial charge >= 0.3 is 0 Å².